The van der Waals surface area contributed by atoms with E-state index in [2.05, 4.69) is 0 Å². The van der Waals surface area contributed by atoms with Crippen LogP contribution in [-0.4, -0.2) is 22.9 Å². The second kappa shape index (κ2) is 7.72. The third-order valence-corrected chi connectivity index (χ3v) is 4.30. The van der Waals surface area contributed by atoms with E-state index in [-0.39, 0.29) is 5.56 Å². The van der Waals surface area contributed by atoms with Gasteiger partial charge in [0.05, 0.1) is 0 Å². The van der Waals surface area contributed by atoms with Gasteiger partial charge in [-0.2, -0.15) is 0 Å². The van der Waals surface area contributed by atoms with Gasteiger partial charge in [0.1, 0.15) is 23.0 Å². The normalized spacial score (nSPS) is 10.8. The molecule has 2 aromatic carbocycles. The quantitative estimate of drug-likeness (QED) is 0.477. The lowest BCUT2D eigenvalue weighted by Crippen LogP contribution is -2.17. The SMILES string of the molecule is Cc1cc(C(=O)COC(=O)c2c(F)cccc2F)c(C)n1-c1cccc(F)c1. The molecular formula is C21H16F3NO3. The third-order valence-electron chi connectivity index (χ3n) is 4.30. The molecule has 0 aliphatic rings. The Morgan fingerprint density at radius 2 is 1.61 bits per heavy atom. The first kappa shape index (κ1) is 19.4. The summed E-state index contributed by atoms with van der Waals surface area (Å²) < 4.78 is 47.3. The maximum Gasteiger partial charge on any atom is 0.344 e. The van der Waals surface area contributed by atoms with Gasteiger partial charge in [0.25, 0.3) is 0 Å². The summed E-state index contributed by atoms with van der Waals surface area (Å²) in [5.41, 5.74) is 1.17. The minimum atomic E-state index is -1.26. The molecule has 0 atom stereocenters. The Labute approximate surface area is 159 Å². The summed E-state index contributed by atoms with van der Waals surface area (Å²) in [6.45, 7) is 2.74. The van der Waals surface area contributed by atoms with Crippen LogP contribution in [0.4, 0.5) is 13.2 Å². The van der Waals surface area contributed by atoms with Crippen LogP contribution in [0.1, 0.15) is 32.1 Å². The molecule has 0 spiro atoms. The summed E-state index contributed by atoms with van der Waals surface area (Å²) in [4.78, 5) is 24.4. The zero-order valence-electron chi connectivity index (χ0n) is 15.1. The van der Waals surface area contributed by atoms with Crippen molar-refractivity contribution in [3.8, 4) is 5.69 Å². The molecule has 3 aromatic rings. The van der Waals surface area contributed by atoms with Crippen molar-refractivity contribution in [3.05, 3.63) is 88.5 Å². The maximum atomic E-state index is 13.6. The van der Waals surface area contributed by atoms with Crippen LogP contribution in [-0.2, 0) is 4.74 Å². The topological polar surface area (TPSA) is 48.3 Å². The molecular weight excluding hydrogens is 371 g/mol. The Bertz CT molecular complexity index is 1050. The second-order valence-corrected chi connectivity index (χ2v) is 6.20. The van der Waals surface area contributed by atoms with E-state index in [1.54, 1.807) is 36.6 Å². The van der Waals surface area contributed by atoms with Crippen molar-refractivity contribution in [1.29, 1.82) is 0 Å². The number of hydrogen-bond donors (Lipinski definition) is 0. The van der Waals surface area contributed by atoms with Gasteiger partial charge in [-0.3, -0.25) is 4.79 Å². The van der Waals surface area contributed by atoms with Crippen LogP contribution in [0.3, 0.4) is 0 Å². The average molecular weight is 387 g/mol. The number of benzene rings is 2. The highest BCUT2D eigenvalue weighted by molar-refractivity contribution is 6.00. The Balaban J connectivity index is 1.80. The van der Waals surface area contributed by atoms with Crippen LogP contribution in [0.15, 0.2) is 48.5 Å². The number of ether oxygens (including phenoxy) is 1. The van der Waals surface area contributed by atoms with Gasteiger partial charge >= 0.3 is 5.97 Å². The van der Waals surface area contributed by atoms with Crippen LogP contribution in [0.2, 0.25) is 0 Å². The van der Waals surface area contributed by atoms with Gasteiger partial charge < -0.3 is 9.30 Å². The van der Waals surface area contributed by atoms with Crippen molar-refractivity contribution in [1.82, 2.24) is 4.57 Å². The van der Waals surface area contributed by atoms with E-state index in [0.29, 0.717) is 17.1 Å². The zero-order valence-corrected chi connectivity index (χ0v) is 15.1. The molecule has 0 bridgehead atoms. The van der Waals surface area contributed by atoms with E-state index in [1.807, 2.05) is 0 Å². The first-order valence-electron chi connectivity index (χ1n) is 8.39. The molecule has 0 saturated carbocycles. The summed E-state index contributed by atoms with van der Waals surface area (Å²) in [6, 6.07) is 10.4. The Morgan fingerprint density at radius 1 is 0.964 bits per heavy atom. The number of Topliss-reactive ketones (excluding diaryl/α,β-unsaturated/α-hetero) is 1. The first-order chi connectivity index (χ1) is 13.3. The number of aromatic nitrogens is 1. The van der Waals surface area contributed by atoms with E-state index >= 15 is 0 Å². The molecule has 0 unspecified atom stereocenters. The minimum Gasteiger partial charge on any atom is -0.454 e. The maximum absolute atomic E-state index is 13.6. The first-order valence-corrected chi connectivity index (χ1v) is 8.39. The molecule has 0 amide bonds. The molecule has 0 aliphatic carbocycles. The van der Waals surface area contributed by atoms with Crippen molar-refractivity contribution in [2.45, 2.75) is 13.8 Å². The van der Waals surface area contributed by atoms with Gasteiger partial charge in [0.2, 0.25) is 5.78 Å². The fourth-order valence-corrected chi connectivity index (χ4v) is 3.03. The highest BCUT2D eigenvalue weighted by Crippen LogP contribution is 2.22. The highest BCUT2D eigenvalue weighted by Gasteiger charge is 2.22. The van der Waals surface area contributed by atoms with Crippen molar-refractivity contribution in [2.75, 3.05) is 6.61 Å². The summed E-state index contributed by atoms with van der Waals surface area (Å²) >= 11 is 0. The van der Waals surface area contributed by atoms with Crippen LogP contribution < -0.4 is 0 Å². The summed E-state index contributed by atoms with van der Waals surface area (Å²) in [5, 5.41) is 0. The lowest BCUT2D eigenvalue weighted by molar-refractivity contribution is 0.0465. The molecule has 3 rings (SSSR count). The molecule has 0 aliphatic heterocycles. The van der Waals surface area contributed by atoms with Crippen molar-refractivity contribution in [2.24, 2.45) is 0 Å². The predicted molar refractivity (Wildman–Crippen MR) is 96.2 cm³/mol. The lowest BCUT2D eigenvalue weighted by Gasteiger charge is -2.10. The number of nitrogens with zero attached hydrogens (tertiary/aromatic N) is 1. The van der Waals surface area contributed by atoms with Crippen molar-refractivity contribution < 1.29 is 27.5 Å². The van der Waals surface area contributed by atoms with E-state index < -0.39 is 41.4 Å². The van der Waals surface area contributed by atoms with Crippen LogP contribution >= 0.6 is 0 Å². The standard InChI is InChI=1S/C21H16F3NO3/c1-12-9-16(13(2)25(12)15-6-3-5-14(22)10-15)19(26)11-28-21(27)20-17(23)7-4-8-18(20)24/h3-10H,11H2,1-2H3. The van der Waals surface area contributed by atoms with E-state index in [4.69, 9.17) is 4.74 Å². The molecule has 28 heavy (non-hydrogen) atoms. The van der Waals surface area contributed by atoms with Crippen LogP contribution in [0.25, 0.3) is 5.69 Å². The molecule has 0 N–H and O–H groups in total. The van der Waals surface area contributed by atoms with E-state index in [1.165, 1.54) is 12.1 Å². The summed E-state index contributed by atoms with van der Waals surface area (Å²) in [6.07, 6.45) is 0. The highest BCUT2D eigenvalue weighted by atomic mass is 19.1. The Kier molecular flexibility index (Phi) is 5.35. The molecule has 1 heterocycles. The molecule has 0 radical (unpaired) electrons. The van der Waals surface area contributed by atoms with Crippen molar-refractivity contribution in [3.63, 3.8) is 0 Å². The molecule has 1 aromatic heterocycles. The minimum absolute atomic E-state index is 0.267. The summed E-state index contributed by atoms with van der Waals surface area (Å²) in [7, 11) is 0. The van der Waals surface area contributed by atoms with Gasteiger partial charge in [-0.05, 0) is 50.2 Å². The monoisotopic (exact) mass is 387 g/mol. The number of esters is 1. The van der Waals surface area contributed by atoms with E-state index in [9.17, 15) is 22.8 Å². The molecule has 144 valence electrons. The number of hydrogen-bond acceptors (Lipinski definition) is 3. The van der Waals surface area contributed by atoms with Gasteiger partial charge in [0.15, 0.2) is 6.61 Å². The van der Waals surface area contributed by atoms with Crippen LogP contribution in [0.5, 0.6) is 0 Å². The summed E-state index contributed by atoms with van der Waals surface area (Å²) in [5.74, 6) is -4.36. The van der Waals surface area contributed by atoms with Crippen LogP contribution in [0, 0.1) is 31.3 Å². The van der Waals surface area contributed by atoms with Gasteiger partial charge in [-0.1, -0.05) is 12.1 Å². The zero-order chi connectivity index (χ0) is 20.4. The molecule has 4 nitrogen and oxygen atoms in total. The molecule has 0 fully saturated rings. The molecule has 7 heteroatoms. The third kappa shape index (κ3) is 3.69. The number of ketones is 1. The van der Waals surface area contributed by atoms with E-state index in [0.717, 1.165) is 18.2 Å². The fourth-order valence-electron chi connectivity index (χ4n) is 3.03. The number of rotatable bonds is 5. The second-order valence-electron chi connectivity index (χ2n) is 6.20. The fraction of sp³-hybridized carbons (Fsp3) is 0.143. The van der Waals surface area contributed by atoms with Gasteiger partial charge in [-0.25, -0.2) is 18.0 Å². The predicted octanol–water partition coefficient (Wildman–Crippen LogP) is 4.55. The Morgan fingerprint density at radius 3 is 2.25 bits per heavy atom. The Hall–Kier alpha value is -3.35. The number of carbonyl (C=O) groups excluding carboxylic acids is 2. The molecule has 0 saturated heterocycles. The number of halogens is 3. The largest absolute Gasteiger partial charge is 0.454 e. The smallest absolute Gasteiger partial charge is 0.344 e. The van der Waals surface area contributed by atoms with Crippen molar-refractivity contribution >= 4 is 11.8 Å². The van der Waals surface area contributed by atoms with Gasteiger partial charge in [-0.15, -0.1) is 0 Å². The number of aryl methyl sites for hydroxylation is 1. The van der Waals surface area contributed by atoms with Gasteiger partial charge in [0, 0.05) is 22.6 Å². The number of carbonyl (C=O) groups is 2. The average Bonchev–Trinajstić information content (AvgIpc) is 2.94. The lowest BCUT2D eigenvalue weighted by atomic mass is 10.1.